The molecule has 2 heterocycles. The van der Waals surface area contributed by atoms with E-state index in [-0.39, 0.29) is 5.91 Å². The predicted octanol–water partition coefficient (Wildman–Crippen LogP) is 4.57. The molecule has 0 saturated carbocycles. The Bertz CT molecular complexity index is 951. The highest BCUT2D eigenvalue weighted by molar-refractivity contribution is 7.18. The third kappa shape index (κ3) is 3.09. The first kappa shape index (κ1) is 16.0. The van der Waals surface area contributed by atoms with Crippen LogP contribution in [-0.2, 0) is 17.6 Å². The highest BCUT2D eigenvalue weighted by atomic mass is 32.1. The zero-order valence-corrected chi connectivity index (χ0v) is 15.0. The molecule has 2 aromatic heterocycles. The van der Waals surface area contributed by atoms with Crippen molar-refractivity contribution in [3.63, 3.8) is 0 Å². The summed E-state index contributed by atoms with van der Waals surface area (Å²) in [6.07, 6.45) is 4.85. The summed E-state index contributed by atoms with van der Waals surface area (Å²) in [6.45, 7) is 3.77. The first-order chi connectivity index (χ1) is 12.1. The average Bonchev–Trinajstić information content (AvgIpc) is 2.94. The predicted molar refractivity (Wildman–Crippen MR) is 99.4 cm³/mol. The summed E-state index contributed by atoms with van der Waals surface area (Å²) in [4.78, 5) is 22.6. The molecule has 128 valence electrons. The molecule has 1 aromatic carbocycles. The zero-order valence-electron chi connectivity index (χ0n) is 14.2. The minimum Gasteiger partial charge on any atom is -0.436 e. The van der Waals surface area contributed by atoms with E-state index in [0.29, 0.717) is 23.2 Å². The van der Waals surface area contributed by atoms with Crippen molar-refractivity contribution in [3.05, 3.63) is 41.0 Å². The third-order valence-corrected chi connectivity index (χ3v) is 5.62. The lowest BCUT2D eigenvalue weighted by molar-refractivity contribution is -0.114. The van der Waals surface area contributed by atoms with Gasteiger partial charge in [-0.25, -0.2) is 9.97 Å². The van der Waals surface area contributed by atoms with E-state index in [1.54, 1.807) is 17.7 Å². The van der Waals surface area contributed by atoms with Crippen LogP contribution in [0.4, 0.5) is 5.69 Å². The van der Waals surface area contributed by atoms with Crippen LogP contribution >= 0.6 is 11.3 Å². The molecule has 25 heavy (non-hydrogen) atoms. The number of fused-ring (bicyclic) bond motifs is 3. The van der Waals surface area contributed by atoms with Crippen molar-refractivity contribution < 1.29 is 9.53 Å². The van der Waals surface area contributed by atoms with Crippen molar-refractivity contribution in [1.29, 1.82) is 0 Å². The molecule has 3 aromatic rings. The quantitative estimate of drug-likeness (QED) is 0.749. The molecule has 0 radical (unpaired) electrons. The number of hydrogen-bond donors (Lipinski definition) is 1. The number of benzene rings is 1. The summed E-state index contributed by atoms with van der Waals surface area (Å²) in [5.74, 6) is 1.72. The van der Waals surface area contributed by atoms with E-state index in [1.807, 2.05) is 24.3 Å². The van der Waals surface area contributed by atoms with Gasteiger partial charge in [0.1, 0.15) is 11.2 Å². The fraction of sp³-hybridized carbons (Fsp3) is 0.316. The van der Waals surface area contributed by atoms with Crippen molar-refractivity contribution in [2.75, 3.05) is 5.32 Å². The maximum absolute atomic E-state index is 11.4. The fourth-order valence-electron chi connectivity index (χ4n) is 3.28. The van der Waals surface area contributed by atoms with Crippen LogP contribution < -0.4 is 10.1 Å². The summed E-state index contributed by atoms with van der Waals surface area (Å²) >= 11 is 1.74. The van der Waals surface area contributed by atoms with Gasteiger partial charge in [0.2, 0.25) is 11.8 Å². The van der Waals surface area contributed by atoms with Crippen molar-refractivity contribution in [2.24, 2.45) is 5.92 Å². The molecule has 0 bridgehead atoms. The second-order valence-corrected chi connectivity index (χ2v) is 7.57. The van der Waals surface area contributed by atoms with Crippen molar-refractivity contribution in [3.8, 4) is 11.6 Å². The molecule has 1 amide bonds. The number of amides is 1. The van der Waals surface area contributed by atoms with Gasteiger partial charge in [-0.2, -0.15) is 0 Å². The van der Waals surface area contributed by atoms with Crippen LogP contribution in [0.2, 0.25) is 0 Å². The van der Waals surface area contributed by atoms with E-state index in [4.69, 9.17) is 4.74 Å². The maximum Gasteiger partial charge on any atom is 0.231 e. The summed E-state index contributed by atoms with van der Waals surface area (Å²) in [5, 5.41) is 3.82. The number of nitrogens with one attached hydrogen (secondary N) is 1. The maximum atomic E-state index is 11.4. The van der Waals surface area contributed by atoms with Gasteiger partial charge in [0, 0.05) is 11.8 Å². The van der Waals surface area contributed by atoms with Gasteiger partial charge in [-0.05, 0) is 42.9 Å². The first-order valence-corrected chi connectivity index (χ1v) is 9.23. The zero-order chi connectivity index (χ0) is 17.4. The number of nitrogens with zero attached hydrogens (tertiary/aromatic N) is 2. The lowest BCUT2D eigenvalue weighted by Gasteiger charge is -2.18. The van der Waals surface area contributed by atoms with Crippen molar-refractivity contribution in [2.45, 2.75) is 33.1 Å². The Labute approximate surface area is 150 Å². The van der Waals surface area contributed by atoms with Crippen LogP contribution in [0.5, 0.6) is 11.6 Å². The fourth-order valence-corrected chi connectivity index (χ4v) is 4.62. The lowest BCUT2D eigenvalue weighted by Crippen LogP contribution is -2.09. The number of aryl methyl sites for hydroxylation is 1. The molecule has 6 heteroatoms. The lowest BCUT2D eigenvalue weighted by atomic mass is 9.89. The Morgan fingerprint density at radius 3 is 3.00 bits per heavy atom. The Morgan fingerprint density at radius 1 is 1.32 bits per heavy atom. The number of aromatic nitrogens is 2. The molecule has 0 aliphatic heterocycles. The minimum absolute atomic E-state index is 0.134. The molecule has 4 rings (SSSR count). The van der Waals surface area contributed by atoms with Crippen LogP contribution in [0.15, 0.2) is 30.6 Å². The van der Waals surface area contributed by atoms with E-state index in [0.717, 1.165) is 23.1 Å². The molecule has 0 unspecified atom stereocenters. The van der Waals surface area contributed by atoms with Crippen molar-refractivity contribution >= 4 is 33.1 Å². The van der Waals surface area contributed by atoms with Gasteiger partial charge in [0.05, 0.1) is 11.1 Å². The topological polar surface area (TPSA) is 64.1 Å². The average molecular weight is 353 g/mol. The third-order valence-electron chi connectivity index (χ3n) is 4.46. The normalized spacial score (nSPS) is 16.5. The van der Waals surface area contributed by atoms with Gasteiger partial charge < -0.3 is 10.1 Å². The summed E-state index contributed by atoms with van der Waals surface area (Å²) in [6, 6.07) is 7.39. The largest absolute Gasteiger partial charge is 0.436 e. The molecular formula is C19H19N3O2S. The van der Waals surface area contributed by atoms with Crippen molar-refractivity contribution in [1.82, 2.24) is 9.97 Å². The van der Waals surface area contributed by atoms with E-state index in [2.05, 4.69) is 22.2 Å². The van der Waals surface area contributed by atoms with E-state index < -0.39 is 0 Å². The molecule has 0 spiro atoms. The number of anilines is 1. The van der Waals surface area contributed by atoms with Gasteiger partial charge >= 0.3 is 0 Å². The number of carbonyl (C=O) groups is 1. The SMILES string of the molecule is CC(=O)Nc1ccccc1Oc1ncnc2sc3c(c12)CC[C@H](C)C3. The summed E-state index contributed by atoms with van der Waals surface area (Å²) < 4.78 is 6.12. The first-order valence-electron chi connectivity index (χ1n) is 8.41. The molecule has 1 N–H and O–H groups in total. The standard InChI is InChI=1S/C19H19N3O2S/c1-11-7-8-13-16(9-11)25-19-17(13)18(20-10-21-19)24-15-6-4-3-5-14(15)22-12(2)23/h3-6,10-11H,7-9H2,1-2H3,(H,22,23)/t11-/m0/s1. The molecular weight excluding hydrogens is 334 g/mol. The van der Waals surface area contributed by atoms with Crippen LogP contribution in [0.1, 0.15) is 30.7 Å². The van der Waals surface area contributed by atoms with Crippen LogP contribution in [0.3, 0.4) is 0 Å². The number of para-hydroxylation sites is 2. The molecule has 1 aliphatic carbocycles. The Morgan fingerprint density at radius 2 is 2.16 bits per heavy atom. The molecule has 5 nitrogen and oxygen atoms in total. The van der Waals surface area contributed by atoms with Crippen LogP contribution in [-0.4, -0.2) is 15.9 Å². The molecule has 1 aliphatic rings. The van der Waals surface area contributed by atoms with Gasteiger partial charge in [-0.1, -0.05) is 19.1 Å². The Hall–Kier alpha value is -2.47. The second kappa shape index (κ2) is 6.44. The molecule has 0 saturated heterocycles. The number of carbonyl (C=O) groups excluding carboxylic acids is 1. The second-order valence-electron chi connectivity index (χ2n) is 6.49. The highest BCUT2D eigenvalue weighted by Gasteiger charge is 2.24. The van der Waals surface area contributed by atoms with Crippen LogP contribution in [0, 0.1) is 5.92 Å². The minimum atomic E-state index is -0.134. The number of ether oxygens (including phenoxy) is 1. The van der Waals surface area contributed by atoms with Gasteiger partial charge in [-0.3, -0.25) is 4.79 Å². The number of thiophene rings is 1. The number of hydrogen-bond acceptors (Lipinski definition) is 5. The molecule has 0 fully saturated rings. The smallest absolute Gasteiger partial charge is 0.231 e. The highest BCUT2D eigenvalue weighted by Crippen LogP contribution is 2.42. The van der Waals surface area contributed by atoms with Gasteiger partial charge in [0.25, 0.3) is 0 Å². The Kier molecular flexibility index (Phi) is 4.13. The summed E-state index contributed by atoms with van der Waals surface area (Å²) in [7, 11) is 0. The van der Waals surface area contributed by atoms with Gasteiger partial charge in [0.15, 0.2) is 5.75 Å². The van der Waals surface area contributed by atoms with Gasteiger partial charge in [-0.15, -0.1) is 11.3 Å². The summed E-state index contributed by atoms with van der Waals surface area (Å²) in [5.41, 5.74) is 1.96. The molecule has 1 atom stereocenters. The van der Waals surface area contributed by atoms with E-state index >= 15 is 0 Å². The monoisotopic (exact) mass is 353 g/mol. The Balaban J connectivity index is 1.77. The van der Waals surface area contributed by atoms with Crippen LogP contribution in [0.25, 0.3) is 10.2 Å². The van der Waals surface area contributed by atoms with E-state index in [1.165, 1.54) is 23.8 Å². The van der Waals surface area contributed by atoms with E-state index in [9.17, 15) is 4.79 Å². The number of rotatable bonds is 3.